The second-order valence-electron chi connectivity index (χ2n) is 5.27. The molecule has 0 fully saturated rings. The van der Waals surface area contributed by atoms with Crippen molar-refractivity contribution in [3.05, 3.63) is 52.2 Å². The van der Waals surface area contributed by atoms with E-state index in [1.165, 1.54) is 13.4 Å². The van der Waals surface area contributed by atoms with Crippen molar-refractivity contribution in [2.24, 2.45) is 7.05 Å². The van der Waals surface area contributed by atoms with Crippen LogP contribution in [0.4, 0.5) is 0 Å². The fourth-order valence-corrected chi connectivity index (χ4v) is 2.27. The lowest BCUT2D eigenvalue weighted by Crippen LogP contribution is -2.24. The number of rotatable bonds is 6. The summed E-state index contributed by atoms with van der Waals surface area (Å²) in [5.41, 5.74) is 1.10. The average molecular weight is 342 g/mol. The normalized spacial score (nSPS) is 10.7. The highest BCUT2D eigenvalue weighted by Crippen LogP contribution is 2.24. The number of aryl methyl sites for hydroxylation is 2. The lowest BCUT2D eigenvalue weighted by molar-refractivity contribution is 0.277. The van der Waals surface area contributed by atoms with Gasteiger partial charge in [-0.3, -0.25) is 0 Å². The minimum absolute atomic E-state index is 0.124. The van der Waals surface area contributed by atoms with Crippen molar-refractivity contribution in [2.75, 3.05) is 6.61 Å². The molecule has 0 amide bonds. The second kappa shape index (κ2) is 7.12. The van der Waals surface area contributed by atoms with Crippen molar-refractivity contribution in [3.63, 3.8) is 0 Å². The number of para-hydroxylation sites is 1. The van der Waals surface area contributed by atoms with E-state index < -0.39 is 5.69 Å². The summed E-state index contributed by atoms with van der Waals surface area (Å²) >= 11 is 0. The van der Waals surface area contributed by atoms with Crippen LogP contribution in [0, 0.1) is 6.92 Å². The van der Waals surface area contributed by atoms with Gasteiger partial charge in [-0.15, -0.1) is 4.68 Å². The van der Waals surface area contributed by atoms with Gasteiger partial charge in [0.05, 0.1) is 12.2 Å². The number of ether oxygens (including phenoxy) is 2. The van der Waals surface area contributed by atoms with E-state index in [2.05, 4.69) is 20.4 Å². The number of tetrazole rings is 1. The van der Waals surface area contributed by atoms with Gasteiger partial charge in [-0.1, -0.05) is 18.2 Å². The summed E-state index contributed by atoms with van der Waals surface area (Å²) in [4.78, 5) is 20.5. The molecular weight excluding hydrogens is 324 g/mol. The van der Waals surface area contributed by atoms with Gasteiger partial charge in [0, 0.05) is 7.05 Å². The molecule has 130 valence electrons. The van der Waals surface area contributed by atoms with Crippen LogP contribution < -0.4 is 15.2 Å². The molecule has 0 radical (unpaired) electrons. The van der Waals surface area contributed by atoms with Crippen LogP contribution in [-0.4, -0.2) is 36.4 Å². The zero-order valence-corrected chi connectivity index (χ0v) is 14.2. The molecule has 2 heterocycles. The number of nitrogens with zero attached hydrogens (tertiary/aromatic N) is 6. The minimum Gasteiger partial charge on any atom is -0.488 e. The summed E-state index contributed by atoms with van der Waals surface area (Å²) in [5, 5.41) is 7.55. The molecule has 0 N–H and O–H groups in total. The van der Waals surface area contributed by atoms with E-state index in [1.807, 2.05) is 38.1 Å². The van der Waals surface area contributed by atoms with Crippen LogP contribution in [0.15, 0.2) is 35.4 Å². The second-order valence-corrected chi connectivity index (χ2v) is 5.27. The first-order valence-electron chi connectivity index (χ1n) is 7.76. The number of aromatic nitrogens is 6. The van der Waals surface area contributed by atoms with E-state index in [0.717, 1.165) is 20.7 Å². The largest absolute Gasteiger partial charge is 0.488 e. The Morgan fingerprint density at radius 1 is 1.12 bits per heavy atom. The lowest BCUT2D eigenvalue weighted by atomic mass is 10.2. The molecule has 0 aliphatic heterocycles. The first-order chi connectivity index (χ1) is 12.1. The smallest absolute Gasteiger partial charge is 0.369 e. The summed E-state index contributed by atoms with van der Waals surface area (Å²) in [6, 6.07) is 7.65. The molecule has 1 aromatic carbocycles. The number of hydrogen-bond acceptors (Lipinski definition) is 7. The van der Waals surface area contributed by atoms with Gasteiger partial charge < -0.3 is 9.47 Å². The van der Waals surface area contributed by atoms with Crippen LogP contribution in [0.25, 0.3) is 5.82 Å². The van der Waals surface area contributed by atoms with E-state index in [-0.39, 0.29) is 12.4 Å². The summed E-state index contributed by atoms with van der Waals surface area (Å²) in [5.74, 6) is 1.36. The summed E-state index contributed by atoms with van der Waals surface area (Å²) < 4.78 is 13.7. The fraction of sp³-hybridized carbons (Fsp3) is 0.312. The van der Waals surface area contributed by atoms with Crippen molar-refractivity contribution < 1.29 is 9.47 Å². The Morgan fingerprint density at radius 2 is 1.92 bits per heavy atom. The third kappa shape index (κ3) is 3.35. The van der Waals surface area contributed by atoms with Gasteiger partial charge in [0.25, 0.3) is 0 Å². The lowest BCUT2D eigenvalue weighted by Gasteiger charge is -2.14. The van der Waals surface area contributed by atoms with Gasteiger partial charge in [-0.25, -0.2) is 14.8 Å². The molecule has 0 bridgehead atoms. The Kier molecular flexibility index (Phi) is 4.73. The highest BCUT2D eigenvalue weighted by molar-refractivity contribution is 5.40. The monoisotopic (exact) mass is 342 g/mol. The molecule has 9 nitrogen and oxygen atoms in total. The molecule has 0 atom stereocenters. The van der Waals surface area contributed by atoms with Crippen LogP contribution in [-0.2, 0) is 13.7 Å². The van der Waals surface area contributed by atoms with Gasteiger partial charge >= 0.3 is 5.69 Å². The highest BCUT2D eigenvalue weighted by Gasteiger charge is 2.19. The van der Waals surface area contributed by atoms with Crippen LogP contribution in [0.2, 0.25) is 0 Å². The first-order valence-corrected chi connectivity index (χ1v) is 7.76. The van der Waals surface area contributed by atoms with Gasteiger partial charge in [0.15, 0.2) is 5.82 Å². The maximum atomic E-state index is 12.2. The van der Waals surface area contributed by atoms with Crippen molar-refractivity contribution >= 4 is 0 Å². The Balaban J connectivity index is 2.02. The van der Waals surface area contributed by atoms with Crippen molar-refractivity contribution in [1.29, 1.82) is 0 Å². The Morgan fingerprint density at radius 3 is 2.60 bits per heavy atom. The summed E-state index contributed by atoms with van der Waals surface area (Å²) in [7, 11) is 1.51. The quantitative estimate of drug-likeness (QED) is 0.660. The Hall–Kier alpha value is -3.23. The van der Waals surface area contributed by atoms with E-state index in [4.69, 9.17) is 9.47 Å². The maximum absolute atomic E-state index is 12.2. The predicted octanol–water partition coefficient (Wildman–Crippen LogP) is 1.04. The van der Waals surface area contributed by atoms with Crippen LogP contribution >= 0.6 is 0 Å². The van der Waals surface area contributed by atoms with E-state index in [9.17, 15) is 4.79 Å². The highest BCUT2D eigenvalue weighted by atomic mass is 16.5. The standard InChI is InChI=1S/C16H18N6O3/c1-4-24-15-12(9-25-13-8-6-5-7-11(13)2)14(17-10-18-15)22-16(23)21(3)19-20-22/h5-8,10H,4,9H2,1-3H3. The van der Waals surface area contributed by atoms with Gasteiger partial charge in [0.1, 0.15) is 18.7 Å². The van der Waals surface area contributed by atoms with Gasteiger partial charge in [0.2, 0.25) is 5.88 Å². The number of benzene rings is 1. The Labute approximate surface area is 143 Å². The van der Waals surface area contributed by atoms with E-state index >= 15 is 0 Å². The van der Waals surface area contributed by atoms with Crippen molar-refractivity contribution in [2.45, 2.75) is 20.5 Å². The van der Waals surface area contributed by atoms with Crippen LogP contribution in [0.3, 0.4) is 0 Å². The van der Waals surface area contributed by atoms with Gasteiger partial charge in [-0.2, -0.15) is 4.68 Å². The number of hydrogen-bond donors (Lipinski definition) is 0. The molecule has 2 aromatic heterocycles. The zero-order valence-electron chi connectivity index (χ0n) is 14.2. The molecule has 9 heteroatoms. The molecule has 0 saturated heterocycles. The molecule has 3 rings (SSSR count). The maximum Gasteiger partial charge on any atom is 0.369 e. The molecule has 0 unspecified atom stereocenters. The first kappa shape index (κ1) is 16.6. The van der Waals surface area contributed by atoms with Crippen LogP contribution in [0.1, 0.15) is 18.1 Å². The van der Waals surface area contributed by atoms with E-state index in [0.29, 0.717) is 18.1 Å². The third-order valence-corrected chi connectivity index (χ3v) is 3.55. The molecule has 0 saturated carbocycles. The van der Waals surface area contributed by atoms with Gasteiger partial charge in [-0.05, 0) is 35.9 Å². The van der Waals surface area contributed by atoms with Crippen molar-refractivity contribution in [3.8, 4) is 17.4 Å². The van der Waals surface area contributed by atoms with Crippen LogP contribution in [0.5, 0.6) is 11.6 Å². The minimum atomic E-state index is -0.418. The van der Waals surface area contributed by atoms with E-state index in [1.54, 1.807) is 0 Å². The summed E-state index contributed by atoms with van der Waals surface area (Å²) in [6.45, 7) is 4.35. The molecule has 3 aromatic rings. The topological polar surface area (TPSA) is 97.0 Å². The molecule has 0 aliphatic carbocycles. The average Bonchev–Trinajstić information content (AvgIpc) is 2.94. The zero-order chi connectivity index (χ0) is 17.8. The predicted molar refractivity (Wildman–Crippen MR) is 88.9 cm³/mol. The molecule has 25 heavy (non-hydrogen) atoms. The third-order valence-electron chi connectivity index (χ3n) is 3.55. The SMILES string of the molecule is CCOc1ncnc(-n2nnn(C)c2=O)c1COc1ccccc1C. The fourth-order valence-electron chi connectivity index (χ4n) is 2.27. The van der Waals surface area contributed by atoms with Crippen molar-refractivity contribution in [1.82, 2.24) is 29.8 Å². The Bertz CT molecular complexity index is 934. The molecule has 0 aliphatic rings. The molecule has 0 spiro atoms. The summed E-state index contributed by atoms with van der Waals surface area (Å²) in [6.07, 6.45) is 1.32. The molecular formula is C16H18N6O3.